The second kappa shape index (κ2) is 9.55. The Morgan fingerprint density at radius 3 is 2.48 bits per heavy atom. The van der Waals surface area contributed by atoms with Gasteiger partial charge in [-0.3, -0.25) is 9.59 Å². The summed E-state index contributed by atoms with van der Waals surface area (Å²) in [5.41, 5.74) is -1.14. The van der Waals surface area contributed by atoms with Gasteiger partial charge >= 0.3 is 5.97 Å². The van der Waals surface area contributed by atoms with Gasteiger partial charge in [0.2, 0.25) is 11.4 Å². The molecule has 8 nitrogen and oxygen atoms in total. The standard InChI is InChI=1S/C23H29NO7/c1-6-17(19(27)30-5)13-15(3)12-14(2)8-7-9-16(4)18(26)23(29)20-22(31-20,10-11-25)24-21(23)28/h6-9,12-13,20,25,29H,10-11H2,1-5H3,(H,24,28). The number of carbonyl (C=O) groups excluding carboxylic acids is 3. The van der Waals surface area contributed by atoms with E-state index in [0.717, 1.165) is 11.1 Å². The van der Waals surface area contributed by atoms with Crippen molar-refractivity contribution in [3.05, 3.63) is 58.7 Å². The summed E-state index contributed by atoms with van der Waals surface area (Å²) in [5, 5.41) is 22.3. The summed E-state index contributed by atoms with van der Waals surface area (Å²) in [4.78, 5) is 36.6. The number of hydrogen-bond acceptors (Lipinski definition) is 7. The molecule has 0 radical (unpaired) electrons. The van der Waals surface area contributed by atoms with Crippen molar-refractivity contribution in [2.24, 2.45) is 0 Å². The third-order valence-corrected chi connectivity index (χ3v) is 5.21. The van der Waals surface area contributed by atoms with E-state index in [1.165, 1.54) is 20.1 Å². The van der Waals surface area contributed by atoms with Crippen molar-refractivity contribution in [2.75, 3.05) is 13.7 Å². The van der Waals surface area contributed by atoms with E-state index in [-0.39, 0.29) is 18.6 Å². The number of Topliss-reactive ketones (excluding diaryl/α,β-unsaturated/α-hetero) is 1. The number of nitrogens with one attached hydrogen (secondary N) is 1. The average Bonchev–Trinajstić information content (AvgIpc) is 3.38. The molecule has 2 saturated heterocycles. The lowest BCUT2D eigenvalue weighted by molar-refractivity contribution is -0.151. The molecule has 3 N–H and O–H groups in total. The van der Waals surface area contributed by atoms with Gasteiger partial charge in [0.25, 0.3) is 5.91 Å². The molecular weight excluding hydrogens is 402 g/mol. The van der Waals surface area contributed by atoms with Crippen LogP contribution in [0.5, 0.6) is 0 Å². The fourth-order valence-electron chi connectivity index (χ4n) is 3.53. The minimum atomic E-state index is -2.30. The third-order valence-electron chi connectivity index (χ3n) is 5.21. The fourth-order valence-corrected chi connectivity index (χ4v) is 3.53. The first kappa shape index (κ1) is 24.5. The minimum Gasteiger partial charge on any atom is -0.465 e. The number of amides is 1. The molecule has 2 aliphatic heterocycles. The van der Waals surface area contributed by atoms with E-state index < -0.39 is 35.1 Å². The summed E-state index contributed by atoms with van der Waals surface area (Å²) in [6.07, 6.45) is 9.20. The highest BCUT2D eigenvalue weighted by Gasteiger charge is 2.78. The van der Waals surface area contributed by atoms with Crippen LogP contribution >= 0.6 is 0 Å². The van der Waals surface area contributed by atoms with E-state index >= 15 is 0 Å². The maximum atomic E-state index is 12.7. The molecule has 0 saturated carbocycles. The van der Waals surface area contributed by atoms with Gasteiger partial charge in [0.1, 0.15) is 0 Å². The lowest BCUT2D eigenvalue weighted by Crippen LogP contribution is -2.51. The van der Waals surface area contributed by atoms with Crippen LogP contribution in [0.25, 0.3) is 0 Å². The summed E-state index contributed by atoms with van der Waals surface area (Å²) >= 11 is 0. The van der Waals surface area contributed by atoms with Gasteiger partial charge in [-0.1, -0.05) is 41.5 Å². The molecule has 0 aliphatic carbocycles. The number of hydrogen-bond donors (Lipinski definition) is 3. The number of ether oxygens (including phenoxy) is 2. The number of aliphatic hydroxyl groups excluding tert-OH is 1. The van der Waals surface area contributed by atoms with Gasteiger partial charge in [-0.2, -0.15) is 0 Å². The maximum absolute atomic E-state index is 12.7. The van der Waals surface area contributed by atoms with Crippen molar-refractivity contribution in [1.82, 2.24) is 5.32 Å². The van der Waals surface area contributed by atoms with E-state index in [4.69, 9.17) is 14.6 Å². The molecule has 8 heteroatoms. The van der Waals surface area contributed by atoms with E-state index in [0.29, 0.717) is 5.57 Å². The lowest BCUT2D eigenvalue weighted by atomic mass is 9.89. The molecule has 2 fully saturated rings. The molecule has 0 aromatic carbocycles. The fraction of sp³-hybridized carbons (Fsp3) is 0.435. The van der Waals surface area contributed by atoms with Crippen LogP contribution in [-0.4, -0.2) is 59.0 Å². The van der Waals surface area contributed by atoms with Gasteiger partial charge in [0.05, 0.1) is 12.7 Å². The molecule has 2 aliphatic rings. The number of aliphatic hydroxyl groups is 2. The monoisotopic (exact) mass is 431 g/mol. The van der Waals surface area contributed by atoms with Crippen molar-refractivity contribution in [2.45, 2.75) is 51.5 Å². The largest absolute Gasteiger partial charge is 0.465 e. The van der Waals surface area contributed by atoms with Crippen molar-refractivity contribution in [3.63, 3.8) is 0 Å². The summed E-state index contributed by atoms with van der Waals surface area (Å²) < 4.78 is 10.0. The van der Waals surface area contributed by atoms with Crippen LogP contribution in [0.4, 0.5) is 0 Å². The van der Waals surface area contributed by atoms with Gasteiger partial charge in [-0.05, 0) is 39.3 Å². The number of ketones is 1. The predicted octanol–water partition coefficient (Wildman–Crippen LogP) is 1.41. The van der Waals surface area contributed by atoms with Crippen molar-refractivity contribution in [1.29, 1.82) is 0 Å². The second-order valence-electron chi connectivity index (χ2n) is 7.63. The molecule has 31 heavy (non-hydrogen) atoms. The molecule has 1 amide bonds. The number of allylic oxidation sites excluding steroid dienone is 7. The molecular formula is C23H29NO7. The summed E-state index contributed by atoms with van der Waals surface area (Å²) in [6, 6.07) is 0. The van der Waals surface area contributed by atoms with Gasteiger partial charge in [0.15, 0.2) is 11.8 Å². The molecule has 3 unspecified atom stereocenters. The molecule has 168 valence electrons. The number of esters is 1. The van der Waals surface area contributed by atoms with Crippen molar-refractivity contribution >= 4 is 17.7 Å². The number of methoxy groups -OCH3 is 1. The first-order valence-corrected chi connectivity index (χ1v) is 9.90. The average molecular weight is 431 g/mol. The van der Waals surface area contributed by atoms with E-state index in [1.54, 1.807) is 31.2 Å². The molecule has 0 aromatic rings. The van der Waals surface area contributed by atoms with E-state index in [1.807, 2.05) is 19.9 Å². The van der Waals surface area contributed by atoms with Gasteiger partial charge in [-0.25, -0.2) is 4.79 Å². The zero-order valence-electron chi connectivity index (χ0n) is 18.4. The SMILES string of the molecule is CC=C(C=C(C)C=C(C)C=CC=C(C)C(=O)C1(O)C(=O)NC2(CCO)OC21)C(=O)OC. The zero-order chi connectivity index (χ0) is 23.4. The Labute approximate surface area is 181 Å². The summed E-state index contributed by atoms with van der Waals surface area (Å²) in [5.74, 6) is -1.98. The summed E-state index contributed by atoms with van der Waals surface area (Å²) in [6.45, 7) is 6.71. The van der Waals surface area contributed by atoms with Gasteiger partial charge in [-0.15, -0.1) is 0 Å². The van der Waals surface area contributed by atoms with Crippen LogP contribution in [0.1, 0.15) is 34.1 Å². The van der Waals surface area contributed by atoms with Crippen LogP contribution in [0.3, 0.4) is 0 Å². The third kappa shape index (κ3) is 4.92. The maximum Gasteiger partial charge on any atom is 0.337 e. The van der Waals surface area contributed by atoms with Crippen LogP contribution in [0.15, 0.2) is 58.7 Å². The molecule has 3 atom stereocenters. The molecule has 0 aromatic heterocycles. The van der Waals surface area contributed by atoms with E-state index in [2.05, 4.69) is 5.32 Å². The Morgan fingerprint density at radius 2 is 1.90 bits per heavy atom. The number of fused-ring (bicyclic) bond motifs is 1. The normalized spacial score (nSPS) is 29.1. The topological polar surface area (TPSA) is 125 Å². The predicted molar refractivity (Wildman–Crippen MR) is 114 cm³/mol. The minimum absolute atomic E-state index is 0.101. The Bertz CT molecular complexity index is 924. The van der Waals surface area contributed by atoms with Crippen LogP contribution < -0.4 is 5.32 Å². The Balaban J connectivity index is 2.09. The molecule has 2 heterocycles. The Morgan fingerprint density at radius 1 is 1.23 bits per heavy atom. The summed E-state index contributed by atoms with van der Waals surface area (Å²) in [7, 11) is 1.32. The molecule has 0 spiro atoms. The first-order valence-electron chi connectivity index (χ1n) is 9.90. The van der Waals surface area contributed by atoms with Gasteiger partial charge in [0, 0.05) is 13.0 Å². The number of rotatable bonds is 9. The highest BCUT2D eigenvalue weighted by molar-refractivity contribution is 6.19. The number of epoxide rings is 1. The smallest absolute Gasteiger partial charge is 0.337 e. The molecule has 0 bridgehead atoms. The Hall–Kier alpha value is -2.81. The molecule has 2 rings (SSSR count). The van der Waals surface area contributed by atoms with Crippen LogP contribution in [0.2, 0.25) is 0 Å². The van der Waals surface area contributed by atoms with Crippen LogP contribution in [-0.2, 0) is 23.9 Å². The number of carbonyl (C=O) groups is 3. The van der Waals surface area contributed by atoms with Crippen molar-refractivity contribution in [3.8, 4) is 0 Å². The van der Waals surface area contributed by atoms with E-state index in [9.17, 15) is 19.5 Å². The lowest BCUT2D eigenvalue weighted by Gasteiger charge is -2.19. The highest BCUT2D eigenvalue weighted by Crippen LogP contribution is 2.50. The van der Waals surface area contributed by atoms with Crippen molar-refractivity contribution < 1.29 is 34.1 Å². The highest BCUT2D eigenvalue weighted by atomic mass is 16.7. The first-order chi connectivity index (χ1) is 14.5. The Kier molecular flexibility index (Phi) is 7.54. The van der Waals surface area contributed by atoms with Crippen LogP contribution in [0, 0.1) is 0 Å². The quantitative estimate of drug-likeness (QED) is 0.166. The second-order valence-corrected chi connectivity index (χ2v) is 7.63. The zero-order valence-corrected chi connectivity index (χ0v) is 18.4. The van der Waals surface area contributed by atoms with Gasteiger partial charge < -0.3 is 25.0 Å².